The second-order valence-corrected chi connectivity index (χ2v) is 5.36. The first-order valence-corrected chi connectivity index (χ1v) is 7.21. The zero-order valence-electron chi connectivity index (χ0n) is 12.7. The van der Waals surface area contributed by atoms with Crippen LogP contribution >= 0.6 is 0 Å². The minimum atomic E-state index is -0.380. The van der Waals surface area contributed by atoms with Crippen LogP contribution in [-0.2, 0) is 19.1 Å². The van der Waals surface area contributed by atoms with E-state index >= 15 is 0 Å². The van der Waals surface area contributed by atoms with Gasteiger partial charge < -0.3 is 19.7 Å². The van der Waals surface area contributed by atoms with Crippen LogP contribution in [0.5, 0.6) is 0 Å². The Kier molecular flexibility index (Phi) is 7.54. The number of piperazine rings is 1. The molecule has 1 saturated heterocycles. The summed E-state index contributed by atoms with van der Waals surface area (Å²) < 4.78 is 10.2. The Morgan fingerprint density at radius 3 is 2.65 bits per heavy atom. The molecule has 0 radical (unpaired) electrons. The topological polar surface area (TPSA) is 67.9 Å². The van der Waals surface area contributed by atoms with Crippen LogP contribution in [0.3, 0.4) is 0 Å². The number of methoxy groups -OCH3 is 1. The lowest BCUT2D eigenvalue weighted by Crippen LogP contribution is -2.59. The molecule has 1 rings (SSSR count). The average Bonchev–Trinajstić information content (AvgIpc) is 2.40. The number of nitrogens with zero attached hydrogens (tertiary/aromatic N) is 1. The number of carbonyl (C=O) groups is 2. The van der Waals surface area contributed by atoms with Gasteiger partial charge in [-0.1, -0.05) is 13.8 Å². The average molecular weight is 286 g/mol. The van der Waals surface area contributed by atoms with E-state index in [2.05, 4.69) is 5.32 Å². The van der Waals surface area contributed by atoms with Gasteiger partial charge in [0.05, 0.1) is 19.8 Å². The van der Waals surface area contributed by atoms with Crippen LogP contribution in [0.15, 0.2) is 0 Å². The molecule has 20 heavy (non-hydrogen) atoms. The normalized spacial score (nSPS) is 19.6. The summed E-state index contributed by atoms with van der Waals surface area (Å²) in [6.45, 7) is 6.52. The van der Waals surface area contributed by atoms with E-state index in [0.29, 0.717) is 26.4 Å². The molecular weight excluding hydrogens is 260 g/mol. The molecule has 1 unspecified atom stereocenters. The van der Waals surface area contributed by atoms with Gasteiger partial charge >= 0.3 is 0 Å². The van der Waals surface area contributed by atoms with Crippen molar-refractivity contribution in [1.82, 2.24) is 10.2 Å². The SMILES string of the molecule is COCCOCCCCN1CC(=O)NC(C(C)C)C1=O. The number of hydrogen-bond donors (Lipinski definition) is 1. The predicted molar refractivity (Wildman–Crippen MR) is 75.3 cm³/mol. The quantitative estimate of drug-likeness (QED) is 0.624. The summed E-state index contributed by atoms with van der Waals surface area (Å²) in [5.41, 5.74) is 0. The fraction of sp³-hybridized carbons (Fsp3) is 0.857. The van der Waals surface area contributed by atoms with E-state index < -0.39 is 0 Å². The van der Waals surface area contributed by atoms with Gasteiger partial charge in [-0.25, -0.2) is 0 Å². The molecular formula is C14H26N2O4. The van der Waals surface area contributed by atoms with Crippen molar-refractivity contribution in [3.05, 3.63) is 0 Å². The number of ether oxygens (including phenoxy) is 2. The van der Waals surface area contributed by atoms with E-state index in [0.717, 1.165) is 12.8 Å². The van der Waals surface area contributed by atoms with E-state index in [4.69, 9.17) is 9.47 Å². The third kappa shape index (κ3) is 5.46. The molecule has 6 heteroatoms. The van der Waals surface area contributed by atoms with Gasteiger partial charge in [-0.15, -0.1) is 0 Å². The van der Waals surface area contributed by atoms with Gasteiger partial charge in [-0.2, -0.15) is 0 Å². The zero-order valence-corrected chi connectivity index (χ0v) is 12.7. The molecule has 6 nitrogen and oxygen atoms in total. The van der Waals surface area contributed by atoms with E-state index in [9.17, 15) is 9.59 Å². The minimum Gasteiger partial charge on any atom is -0.382 e. The van der Waals surface area contributed by atoms with Crippen molar-refractivity contribution in [2.24, 2.45) is 5.92 Å². The molecule has 0 spiro atoms. The molecule has 0 aliphatic carbocycles. The maximum atomic E-state index is 12.2. The third-order valence-corrected chi connectivity index (χ3v) is 3.29. The van der Waals surface area contributed by atoms with E-state index in [-0.39, 0.29) is 30.3 Å². The molecule has 1 atom stereocenters. The first-order valence-electron chi connectivity index (χ1n) is 7.21. The zero-order chi connectivity index (χ0) is 15.0. The van der Waals surface area contributed by atoms with Crippen molar-refractivity contribution in [1.29, 1.82) is 0 Å². The van der Waals surface area contributed by atoms with Crippen molar-refractivity contribution >= 4 is 11.8 Å². The van der Waals surface area contributed by atoms with Crippen molar-refractivity contribution in [2.45, 2.75) is 32.7 Å². The van der Waals surface area contributed by atoms with Crippen LogP contribution in [0.2, 0.25) is 0 Å². The molecule has 0 saturated carbocycles. The number of rotatable bonds is 9. The van der Waals surface area contributed by atoms with E-state index in [1.807, 2.05) is 13.8 Å². The number of unbranched alkanes of at least 4 members (excludes halogenated alkanes) is 1. The summed E-state index contributed by atoms with van der Waals surface area (Å²) in [6.07, 6.45) is 1.72. The van der Waals surface area contributed by atoms with Crippen LogP contribution in [0.1, 0.15) is 26.7 Å². The number of amides is 2. The maximum Gasteiger partial charge on any atom is 0.245 e. The molecule has 1 aliphatic rings. The van der Waals surface area contributed by atoms with Gasteiger partial charge in [0.25, 0.3) is 0 Å². The summed E-state index contributed by atoms with van der Waals surface area (Å²) in [7, 11) is 1.64. The molecule has 0 aromatic rings. The van der Waals surface area contributed by atoms with Gasteiger partial charge in [0.15, 0.2) is 0 Å². The second kappa shape index (κ2) is 8.92. The van der Waals surface area contributed by atoms with Crippen LogP contribution < -0.4 is 5.32 Å². The van der Waals surface area contributed by atoms with Crippen molar-refractivity contribution in [2.75, 3.05) is 40.0 Å². The number of carbonyl (C=O) groups excluding carboxylic acids is 2. The van der Waals surface area contributed by atoms with E-state index in [1.165, 1.54) is 0 Å². The summed E-state index contributed by atoms with van der Waals surface area (Å²) in [6, 6.07) is -0.380. The lowest BCUT2D eigenvalue weighted by Gasteiger charge is -2.34. The molecule has 1 fully saturated rings. The summed E-state index contributed by atoms with van der Waals surface area (Å²) >= 11 is 0. The smallest absolute Gasteiger partial charge is 0.245 e. The Hall–Kier alpha value is -1.14. The predicted octanol–water partition coefficient (Wildman–Crippen LogP) is 0.413. The molecule has 1 heterocycles. The van der Waals surface area contributed by atoms with Gasteiger partial charge in [-0.3, -0.25) is 9.59 Å². The Morgan fingerprint density at radius 2 is 2.00 bits per heavy atom. The standard InChI is InChI=1S/C14H26N2O4/c1-11(2)13-14(18)16(10-12(17)15-13)6-4-5-7-20-9-8-19-3/h11,13H,4-10H2,1-3H3,(H,15,17). The van der Waals surface area contributed by atoms with Crippen LogP contribution in [0.25, 0.3) is 0 Å². The fourth-order valence-corrected chi connectivity index (χ4v) is 2.12. The molecule has 1 N–H and O–H groups in total. The van der Waals surface area contributed by atoms with Crippen molar-refractivity contribution in [3.63, 3.8) is 0 Å². The largest absolute Gasteiger partial charge is 0.382 e. The summed E-state index contributed by atoms with van der Waals surface area (Å²) in [4.78, 5) is 25.4. The second-order valence-electron chi connectivity index (χ2n) is 5.36. The summed E-state index contributed by atoms with van der Waals surface area (Å²) in [5, 5.41) is 2.75. The van der Waals surface area contributed by atoms with Crippen LogP contribution in [0.4, 0.5) is 0 Å². The summed E-state index contributed by atoms with van der Waals surface area (Å²) in [5.74, 6) is 0.0752. The number of hydrogen-bond acceptors (Lipinski definition) is 4. The fourth-order valence-electron chi connectivity index (χ4n) is 2.12. The monoisotopic (exact) mass is 286 g/mol. The van der Waals surface area contributed by atoms with Gasteiger partial charge in [0.1, 0.15) is 6.04 Å². The highest BCUT2D eigenvalue weighted by molar-refractivity contribution is 5.94. The molecule has 116 valence electrons. The van der Waals surface area contributed by atoms with Crippen LogP contribution in [0, 0.1) is 5.92 Å². The molecule has 1 aliphatic heterocycles. The highest BCUT2D eigenvalue weighted by Crippen LogP contribution is 2.11. The lowest BCUT2D eigenvalue weighted by molar-refractivity contribution is -0.145. The Morgan fingerprint density at radius 1 is 1.25 bits per heavy atom. The molecule has 0 bridgehead atoms. The lowest BCUT2D eigenvalue weighted by atomic mass is 10.0. The Labute approximate surface area is 120 Å². The molecule has 0 aromatic carbocycles. The maximum absolute atomic E-state index is 12.2. The van der Waals surface area contributed by atoms with Gasteiger partial charge in [0.2, 0.25) is 11.8 Å². The number of nitrogens with one attached hydrogen (secondary N) is 1. The molecule has 2 amide bonds. The first-order chi connectivity index (χ1) is 9.56. The van der Waals surface area contributed by atoms with Gasteiger partial charge in [0, 0.05) is 20.3 Å². The first kappa shape index (κ1) is 16.9. The van der Waals surface area contributed by atoms with Crippen LogP contribution in [-0.4, -0.2) is 62.8 Å². The van der Waals surface area contributed by atoms with Crippen molar-refractivity contribution < 1.29 is 19.1 Å². The van der Waals surface area contributed by atoms with Crippen molar-refractivity contribution in [3.8, 4) is 0 Å². The highest BCUT2D eigenvalue weighted by atomic mass is 16.5. The van der Waals surface area contributed by atoms with Gasteiger partial charge in [-0.05, 0) is 18.8 Å². The highest BCUT2D eigenvalue weighted by Gasteiger charge is 2.33. The molecule has 0 aromatic heterocycles. The Balaban J connectivity index is 2.24. The Bertz CT molecular complexity index is 320. The van der Waals surface area contributed by atoms with E-state index in [1.54, 1.807) is 12.0 Å². The third-order valence-electron chi connectivity index (χ3n) is 3.29. The minimum absolute atomic E-state index is 0.0277.